The Hall–Kier alpha value is -2.86. The van der Waals surface area contributed by atoms with Gasteiger partial charge in [-0.05, 0) is 68.4 Å². The Balaban J connectivity index is 1.27. The van der Waals surface area contributed by atoms with Gasteiger partial charge in [-0.3, -0.25) is 4.79 Å². The average molecular weight is 462 g/mol. The van der Waals surface area contributed by atoms with E-state index in [1.807, 2.05) is 50.2 Å². The standard InChI is InChI=1S/C28H35N3O3/c1-19-26(20(2)34-30-19)18-33-27-16-23-10-6-5-9-22(23)15-25(27)28(32)29-24-11-13-31(14-12-24)17-21-7-3-4-8-21/h5-6,9-10,15-16,21,24H,3-4,7-8,11-14,17-18H2,1-2H3,(H,29,32). The Labute approximate surface area is 201 Å². The predicted octanol–water partition coefficient (Wildman–Crippen LogP) is 5.41. The molecule has 1 aromatic heterocycles. The van der Waals surface area contributed by atoms with Crippen LogP contribution >= 0.6 is 0 Å². The van der Waals surface area contributed by atoms with Gasteiger partial charge in [0, 0.05) is 25.7 Å². The molecule has 0 bridgehead atoms. The van der Waals surface area contributed by atoms with Crippen molar-refractivity contribution in [2.45, 2.75) is 65.0 Å². The number of likely N-dealkylation sites (tertiary alicyclic amines) is 1. The summed E-state index contributed by atoms with van der Waals surface area (Å²) >= 11 is 0. The molecule has 1 aliphatic carbocycles. The van der Waals surface area contributed by atoms with Crippen LogP contribution in [-0.4, -0.2) is 41.6 Å². The highest BCUT2D eigenvalue weighted by atomic mass is 16.5. The summed E-state index contributed by atoms with van der Waals surface area (Å²) in [7, 11) is 0. The molecule has 1 saturated heterocycles. The van der Waals surface area contributed by atoms with Crippen molar-refractivity contribution in [3.63, 3.8) is 0 Å². The zero-order valence-electron chi connectivity index (χ0n) is 20.3. The number of nitrogens with zero attached hydrogens (tertiary/aromatic N) is 2. The summed E-state index contributed by atoms with van der Waals surface area (Å²) in [5.74, 6) is 2.15. The highest BCUT2D eigenvalue weighted by Gasteiger charge is 2.25. The predicted molar refractivity (Wildman–Crippen MR) is 133 cm³/mol. The fourth-order valence-electron chi connectivity index (χ4n) is 5.46. The first-order chi connectivity index (χ1) is 16.6. The molecule has 6 heteroatoms. The summed E-state index contributed by atoms with van der Waals surface area (Å²) in [5.41, 5.74) is 2.32. The van der Waals surface area contributed by atoms with Crippen molar-refractivity contribution in [3.05, 3.63) is 59.0 Å². The smallest absolute Gasteiger partial charge is 0.255 e. The van der Waals surface area contributed by atoms with E-state index >= 15 is 0 Å². The number of fused-ring (bicyclic) bond motifs is 1. The van der Waals surface area contributed by atoms with Crippen LogP contribution in [-0.2, 0) is 6.61 Å². The molecule has 1 N–H and O–H groups in total. The molecule has 34 heavy (non-hydrogen) atoms. The van der Waals surface area contributed by atoms with Crippen LogP contribution in [0.1, 0.15) is 65.9 Å². The molecular weight excluding hydrogens is 426 g/mol. The first-order valence-electron chi connectivity index (χ1n) is 12.7. The summed E-state index contributed by atoms with van der Waals surface area (Å²) in [6.07, 6.45) is 7.56. The van der Waals surface area contributed by atoms with E-state index in [9.17, 15) is 4.79 Å². The number of hydrogen-bond donors (Lipinski definition) is 1. The van der Waals surface area contributed by atoms with Crippen LogP contribution in [0.2, 0.25) is 0 Å². The van der Waals surface area contributed by atoms with Gasteiger partial charge in [-0.2, -0.15) is 0 Å². The second-order valence-corrected chi connectivity index (χ2v) is 9.99. The Morgan fingerprint density at radius 2 is 1.79 bits per heavy atom. The Morgan fingerprint density at radius 1 is 1.09 bits per heavy atom. The van der Waals surface area contributed by atoms with Gasteiger partial charge in [0.15, 0.2) is 0 Å². The number of hydrogen-bond acceptors (Lipinski definition) is 5. The second-order valence-electron chi connectivity index (χ2n) is 9.99. The van der Waals surface area contributed by atoms with Crippen molar-refractivity contribution in [1.82, 2.24) is 15.4 Å². The average Bonchev–Trinajstić information content (AvgIpc) is 3.47. The number of rotatable bonds is 7. The highest BCUT2D eigenvalue weighted by Crippen LogP contribution is 2.29. The number of nitrogens with one attached hydrogen (secondary N) is 1. The highest BCUT2D eigenvalue weighted by molar-refractivity contribution is 6.01. The number of piperidine rings is 1. The molecule has 5 rings (SSSR count). The van der Waals surface area contributed by atoms with E-state index in [1.165, 1.54) is 32.2 Å². The molecule has 1 aliphatic heterocycles. The van der Waals surface area contributed by atoms with Gasteiger partial charge in [0.05, 0.1) is 16.8 Å². The van der Waals surface area contributed by atoms with Crippen LogP contribution in [0.4, 0.5) is 0 Å². The van der Waals surface area contributed by atoms with Gasteiger partial charge in [-0.15, -0.1) is 0 Å². The van der Waals surface area contributed by atoms with Crippen molar-refractivity contribution >= 4 is 16.7 Å². The van der Waals surface area contributed by atoms with Crippen molar-refractivity contribution < 1.29 is 14.1 Å². The van der Waals surface area contributed by atoms with Gasteiger partial charge >= 0.3 is 0 Å². The summed E-state index contributed by atoms with van der Waals surface area (Å²) in [5, 5.41) is 9.39. The zero-order valence-corrected chi connectivity index (χ0v) is 20.3. The number of aryl methyl sites for hydroxylation is 2. The maximum Gasteiger partial charge on any atom is 0.255 e. The minimum Gasteiger partial charge on any atom is -0.488 e. The van der Waals surface area contributed by atoms with Crippen molar-refractivity contribution in [2.24, 2.45) is 5.92 Å². The molecule has 2 aromatic carbocycles. The van der Waals surface area contributed by atoms with Crippen molar-refractivity contribution in [3.8, 4) is 5.75 Å². The molecular formula is C28H35N3O3. The number of ether oxygens (including phenoxy) is 1. The van der Waals surface area contributed by atoms with Crippen LogP contribution in [0, 0.1) is 19.8 Å². The quantitative estimate of drug-likeness (QED) is 0.510. The molecule has 0 spiro atoms. The number of carbonyl (C=O) groups excluding carboxylic acids is 1. The number of aromatic nitrogens is 1. The third kappa shape index (κ3) is 5.12. The normalized spacial score (nSPS) is 17.9. The fraction of sp³-hybridized carbons (Fsp3) is 0.500. The lowest BCUT2D eigenvalue weighted by molar-refractivity contribution is 0.0901. The van der Waals surface area contributed by atoms with E-state index < -0.39 is 0 Å². The Morgan fingerprint density at radius 3 is 2.47 bits per heavy atom. The lowest BCUT2D eigenvalue weighted by Gasteiger charge is -2.34. The number of carbonyl (C=O) groups is 1. The minimum atomic E-state index is -0.0613. The molecule has 2 fully saturated rings. The molecule has 3 aromatic rings. The summed E-state index contributed by atoms with van der Waals surface area (Å²) in [6.45, 7) is 7.46. The van der Waals surface area contributed by atoms with Gasteiger partial charge in [-0.1, -0.05) is 42.3 Å². The lowest BCUT2D eigenvalue weighted by Crippen LogP contribution is -2.45. The molecule has 2 aliphatic rings. The van der Waals surface area contributed by atoms with E-state index in [4.69, 9.17) is 9.26 Å². The van der Waals surface area contributed by atoms with Gasteiger partial charge < -0.3 is 19.5 Å². The van der Waals surface area contributed by atoms with E-state index in [2.05, 4.69) is 15.4 Å². The molecule has 0 unspecified atom stereocenters. The largest absolute Gasteiger partial charge is 0.488 e. The summed E-state index contributed by atoms with van der Waals surface area (Å²) in [4.78, 5) is 16.0. The van der Waals surface area contributed by atoms with Crippen LogP contribution in [0.25, 0.3) is 10.8 Å². The maximum atomic E-state index is 13.4. The van der Waals surface area contributed by atoms with Gasteiger partial charge in [0.1, 0.15) is 18.1 Å². The van der Waals surface area contributed by atoms with Crippen LogP contribution < -0.4 is 10.1 Å². The third-order valence-corrected chi connectivity index (χ3v) is 7.56. The van der Waals surface area contributed by atoms with E-state index in [-0.39, 0.29) is 11.9 Å². The van der Waals surface area contributed by atoms with E-state index in [0.717, 1.165) is 59.6 Å². The zero-order chi connectivity index (χ0) is 23.5. The molecule has 6 nitrogen and oxygen atoms in total. The maximum absolute atomic E-state index is 13.4. The molecule has 1 amide bonds. The number of amides is 1. The summed E-state index contributed by atoms with van der Waals surface area (Å²) in [6, 6.07) is 12.2. The molecule has 1 saturated carbocycles. The van der Waals surface area contributed by atoms with Crippen LogP contribution in [0.15, 0.2) is 40.9 Å². The molecule has 0 radical (unpaired) electrons. The molecule has 2 heterocycles. The Bertz CT molecular complexity index is 1120. The third-order valence-electron chi connectivity index (χ3n) is 7.56. The van der Waals surface area contributed by atoms with Crippen molar-refractivity contribution in [1.29, 1.82) is 0 Å². The van der Waals surface area contributed by atoms with Gasteiger partial charge in [0.25, 0.3) is 5.91 Å². The van der Waals surface area contributed by atoms with Gasteiger partial charge in [-0.25, -0.2) is 0 Å². The first kappa shape index (κ1) is 22.9. The fourth-order valence-corrected chi connectivity index (χ4v) is 5.46. The van der Waals surface area contributed by atoms with E-state index in [0.29, 0.717) is 17.9 Å². The van der Waals surface area contributed by atoms with Crippen molar-refractivity contribution in [2.75, 3.05) is 19.6 Å². The first-order valence-corrected chi connectivity index (χ1v) is 12.7. The molecule has 180 valence electrons. The SMILES string of the molecule is Cc1noc(C)c1COc1cc2ccccc2cc1C(=O)NC1CCN(CC2CCCC2)CC1. The monoisotopic (exact) mass is 461 g/mol. The topological polar surface area (TPSA) is 67.6 Å². The number of benzene rings is 2. The van der Waals surface area contributed by atoms with E-state index in [1.54, 1.807) is 0 Å². The lowest BCUT2D eigenvalue weighted by atomic mass is 10.0. The second kappa shape index (κ2) is 10.2. The van der Waals surface area contributed by atoms with Gasteiger partial charge in [0.2, 0.25) is 0 Å². The minimum absolute atomic E-state index is 0.0613. The van der Waals surface area contributed by atoms with Crippen LogP contribution in [0.5, 0.6) is 5.75 Å². The summed E-state index contributed by atoms with van der Waals surface area (Å²) < 4.78 is 11.5. The molecule has 0 atom stereocenters. The van der Waals surface area contributed by atoms with Crippen LogP contribution in [0.3, 0.4) is 0 Å². The Kier molecular flexibility index (Phi) is 6.86.